The minimum Gasteiger partial charge on any atom is -0.466 e. The SMILES string of the molecule is COC(=O)C=CC(=O)C(=O)NCc1ccccc1. The Morgan fingerprint density at radius 1 is 1.17 bits per heavy atom. The van der Waals surface area contributed by atoms with Crippen molar-refractivity contribution < 1.29 is 19.1 Å². The normalized spacial score (nSPS) is 10.1. The molecule has 0 aromatic heterocycles. The van der Waals surface area contributed by atoms with E-state index in [1.54, 1.807) is 0 Å². The Morgan fingerprint density at radius 2 is 1.83 bits per heavy atom. The van der Waals surface area contributed by atoms with E-state index in [1.165, 1.54) is 7.11 Å². The standard InChI is InChI=1S/C13H13NO4/c1-18-12(16)8-7-11(15)13(17)14-9-10-5-3-2-4-6-10/h2-8H,9H2,1H3,(H,14,17). The highest BCUT2D eigenvalue weighted by atomic mass is 16.5. The molecule has 0 saturated carbocycles. The zero-order valence-electron chi connectivity index (χ0n) is 9.88. The number of esters is 1. The zero-order chi connectivity index (χ0) is 13.4. The zero-order valence-corrected chi connectivity index (χ0v) is 9.88. The van der Waals surface area contributed by atoms with Crippen molar-refractivity contribution in [2.24, 2.45) is 0 Å². The van der Waals surface area contributed by atoms with Gasteiger partial charge >= 0.3 is 5.97 Å². The van der Waals surface area contributed by atoms with Crippen molar-refractivity contribution in [2.75, 3.05) is 7.11 Å². The Hall–Kier alpha value is -2.43. The molecule has 0 unspecified atom stereocenters. The second-order valence-electron chi connectivity index (χ2n) is 3.39. The molecule has 1 amide bonds. The highest BCUT2D eigenvalue weighted by Crippen LogP contribution is 1.97. The fraction of sp³-hybridized carbons (Fsp3) is 0.154. The van der Waals surface area contributed by atoms with Crippen LogP contribution in [0.5, 0.6) is 0 Å². The van der Waals surface area contributed by atoms with Gasteiger partial charge in [-0.25, -0.2) is 4.79 Å². The summed E-state index contributed by atoms with van der Waals surface area (Å²) in [5.41, 5.74) is 0.885. The maximum atomic E-state index is 11.4. The fourth-order valence-electron chi connectivity index (χ4n) is 1.15. The number of amides is 1. The van der Waals surface area contributed by atoms with E-state index in [0.717, 1.165) is 17.7 Å². The van der Waals surface area contributed by atoms with E-state index in [0.29, 0.717) is 0 Å². The molecule has 0 heterocycles. The second-order valence-corrected chi connectivity index (χ2v) is 3.39. The predicted molar refractivity (Wildman–Crippen MR) is 64.5 cm³/mol. The lowest BCUT2D eigenvalue weighted by molar-refractivity contribution is -0.136. The fourth-order valence-corrected chi connectivity index (χ4v) is 1.15. The molecule has 5 heteroatoms. The van der Waals surface area contributed by atoms with Gasteiger partial charge in [-0.05, 0) is 11.6 Å². The van der Waals surface area contributed by atoms with Crippen molar-refractivity contribution in [1.82, 2.24) is 5.32 Å². The number of ether oxygens (including phenoxy) is 1. The number of ketones is 1. The minimum atomic E-state index is -0.795. The molecule has 1 N–H and O–H groups in total. The van der Waals surface area contributed by atoms with Gasteiger partial charge in [-0.15, -0.1) is 0 Å². The van der Waals surface area contributed by atoms with E-state index in [4.69, 9.17) is 0 Å². The molecule has 18 heavy (non-hydrogen) atoms. The van der Waals surface area contributed by atoms with Crippen molar-refractivity contribution in [1.29, 1.82) is 0 Å². The smallest absolute Gasteiger partial charge is 0.330 e. The lowest BCUT2D eigenvalue weighted by atomic mass is 10.2. The van der Waals surface area contributed by atoms with E-state index in [1.807, 2.05) is 30.3 Å². The molecule has 94 valence electrons. The van der Waals surface area contributed by atoms with Crippen molar-refractivity contribution in [3.8, 4) is 0 Å². The average molecular weight is 247 g/mol. The number of carbonyl (C=O) groups is 3. The summed E-state index contributed by atoms with van der Waals surface area (Å²) in [6.45, 7) is 0.261. The first-order chi connectivity index (χ1) is 8.63. The monoisotopic (exact) mass is 247 g/mol. The number of rotatable bonds is 5. The second kappa shape index (κ2) is 7.01. The first kappa shape index (κ1) is 13.6. The maximum Gasteiger partial charge on any atom is 0.330 e. The minimum absolute atomic E-state index is 0.261. The highest BCUT2D eigenvalue weighted by Gasteiger charge is 2.09. The Bertz CT molecular complexity index is 465. The Balaban J connectivity index is 2.44. The number of nitrogens with one attached hydrogen (secondary N) is 1. The van der Waals surface area contributed by atoms with Crippen LogP contribution in [0.4, 0.5) is 0 Å². The molecular formula is C13H13NO4. The van der Waals surface area contributed by atoms with Crippen LogP contribution in [-0.4, -0.2) is 24.8 Å². The molecule has 0 radical (unpaired) electrons. The van der Waals surface area contributed by atoms with Gasteiger partial charge in [0.15, 0.2) is 0 Å². The van der Waals surface area contributed by atoms with Crippen LogP contribution in [-0.2, 0) is 25.7 Å². The van der Waals surface area contributed by atoms with Crippen LogP contribution in [0.15, 0.2) is 42.5 Å². The summed E-state index contributed by atoms with van der Waals surface area (Å²) < 4.78 is 4.30. The largest absolute Gasteiger partial charge is 0.466 e. The molecular weight excluding hydrogens is 234 g/mol. The van der Waals surface area contributed by atoms with E-state index in [-0.39, 0.29) is 6.54 Å². The van der Waals surface area contributed by atoms with Gasteiger partial charge in [0.25, 0.3) is 5.91 Å². The number of hydrogen-bond acceptors (Lipinski definition) is 4. The lowest BCUT2D eigenvalue weighted by Gasteiger charge is -2.02. The van der Waals surface area contributed by atoms with Gasteiger partial charge in [-0.2, -0.15) is 0 Å². The summed E-state index contributed by atoms with van der Waals surface area (Å²) in [7, 11) is 1.19. The van der Waals surface area contributed by atoms with Gasteiger partial charge < -0.3 is 10.1 Å². The first-order valence-corrected chi connectivity index (χ1v) is 5.25. The van der Waals surface area contributed by atoms with Crippen molar-refractivity contribution in [3.05, 3.63) is 48.0 Å². The molecule has 0 spiro atoms. The third kappa shape index (κ3) is 4.61. The predicted octanol–water partition coefficient (Wildman–Crippen LogP) is 0.601. The van der Waals surface area contributed by atoms with Gasteiger partial charge in [-0.3, -0.25) is 9.59 Å². The molecule has 0 bridgehead atoms. The van der Waals surface area contributed by atoms with Crippen LogP contribution >= 0.6 is 0 Å². The number of benzene rings is 1. The third-order valence-electron chi connectivity index (χ3n) is 2.09. The third-order valence-corrected chi connectivity index (χ3v) is 2.09. The molecule has 0 atom stereocenters. The van der Waals surface area contributed by atoms with Crippen molar-refractivity contribution in [2.45, 2.75) is 6.54 Å². The highest BCUT2D eigenvalue weighted by molar-refractivity contribution is 6.41. The lowest BCUT2D eigenvalue weighted by Crippen LogP contribution is -2.29. The first-order valence-electron chi connectivity index (χ1n) is 5.25. The molecule has 1 aromatic rings. The molecule has 0 saturated heterocycles. The van der Waals surface area contributed by atoms with E-state index >= 15 is 0 Å². The maximum absolute atomic E-state index is 11.4. The van der Waals surface area contributed by atoms with Crippen molar-refractivity contribution >= 4 is 17.7 Å². The topological polar surface area (TPSA) is 72.5 Å². The summed E-state index contributed by atoms with van der Waals surface area (Å²) in [5.74, 6) is -2.24. The van der Waals surface area contributed by atoms with Crippen LogP contribution in [0.2, 0.25) is 0 Å². The van der Waals surface area contributed by atoms with Crippen LogP contribution in [0.3, 0.4) is 0 Å². The number of methoxy groups -OCH3 is 1. The van der Waals surface area contributed by atoms with Crippen LogP contribution < -0.4 is 5.32 Å². The van der Waals surface area contributed by atoms with Gasteiger partial charge in [0.1, 0.15) is 0 Å². The molecule has 0 aliphatic heterocycles. The van der Waals surface area contributed by atoms with Crippen molar-refractivity contribution in [3.63, 3.8) is 0 Å². The molecule has 1 rings (SSSR count). The Labute approximate surface area is 104 Å². The Morgan fingerprint density at radius 3 is 2.44 bits per heavy atom. The van der Waals surface area contributed by atoms with Gasteiger partial charge in [0.2, 0.25) is 5.78 Å². The molecule has 0 aliphatic carbocycles. The average Bonchev–Trinajstić information content (AvgIpc) is 2.42. The molecule has 5 nitrogen and oxygen atoms in total. The summed E-state index contributed by atoms with van der Waals surface area (Å²) in [6, 6.07) is 9.18. The van der Waals surface area contributed by atoms with E-state index in [2.05, 4.69) is 10.1 Å². The van der Waals surface area contributed by atoms with E-state index in [9.17, 15) is 14.4 Å². The number of hydrogen-bond donors (Lipinski definition) is 1. The van der Waals surface area contributed by atoms with Gasteiger partial charge in [-0.1, -0.05) is 30.3 Å². The van der Waals surface area contributed by atoms with Gasteiger partial charge in [0, 0.05) is 12.6 Å². The van der Waals surface area contributed by atoms with Crippen LogP contribution in [0, 0.1) is 0 Å². The Kier molecular flexibility index (Phi) is 5.31. The molecule has 0 aliphatic rings. The molecule has 0 fully saturated rings. The summed E-state index contributed by atoms with van der Waals surface area (Å²) in [6.07, 6.45) is 1.79. The van der Waals surface area contributed by atoms with Gasteiger partial charge in [0.05, 0.1) is 7.11 Å². The summed E-state index contributed by atoms with van der Waals surface area (Å²) >= 11 is 0. The van der Waals surface area contributed by atoms with E-state index < -0.39 is 17.7 Å². The summed E-state index contributed by atoms with van der Waals surface area (Å²) in [5, 5.41) is 2.45. The molecule has 1 aromatic carbocycles. The van der Waals surface area contributed by atoms with Crippen LogP contribution in [0.1, 0.15) is 5.56 Å². The number of carbonyl (C=O) groups excluding carboxylic acids is 3. The van der Waals surface area contributed by atoms with Crippen LogP contribution in [0.25, 0.3) is 0 Å². The quantitative estimate of drug-likeness (QED) is 0.470. The summed E-state index contributed by atoms with van der Waals surface area (Å²) in [4.78, 5) is 33.4.